The molecule has 0 saturated carbocycles. The average Bonchev–Trinajstić information content (AvgIpc) is 2.35. The minimum Gasteiger partial charge on any atom is -0.478 e. The summed E-state index contributed by atoms with van der Waals surface area (Å²) in [6, 6.07) is 5.71. The summed E-state index contributed by atoms with van der Waals surface area (Å²) >= 11 is 0. The van der Waals surface area contributed by atoms with Crippen LogP contribution in [0.5, 0.6) is 0 Å². The molecule has 104 valence electrons. The number of nitrogen functional groups attached to an aromatic ring is 1. The van der Waals surface area contributed by atoms with E-state index in [4.69, 9.17) is 10.8 Å². The van der Waals surface area contributed by atoms with Crippen molar-refractivity contribution < 1.29 is 9.90 Å². The number of rotatable bonds is 2. The van der Waals surface area contributed by atoms with Crippen LogP contribution in [0, 0.1) is 0 Å². The smallest absolute Gasteiger partial charge is 0.335 e. The summed E-state index contributed by atoms with van der Waals surface area (Å²) in [6.07, 6.45) is 0. The number of nitrogens with zero attached hydrogens (tertiary/aromatic N) is 2. The van der Waals surface area contributed by atoms with Gasteiger partial charge >= 0.3 is 5.97 Å². The molecule has 0 amide bonds. The molecule has 5 heteroatoms. The molecular formula is C14H21N3O2. The van der Waals surface area contributed by atoms with Crippen LogP contribution in [0.2, 0.25) is 0 Å². The van der Waals surface area contributed by atoms with Gasteiger partial charge in [0.05, 0.1) is 16.9 Å². The van der Waals surface area contributed by atoms with Gasteiger partial charge in [-0.25, -0.2) is 4.79 Å². The molecule has 0 radical (unpaired) electrons. The fraction of sp³-hybridized carbons (Fsp3) is 0.500. The molecule has 0 aromatic heterocycles. The summed E-state index contributed by atoms with van der Waals surface area (Å²) in [5, 5.41) is 9.08. The van der Waals surface area contributed by atoms with Gasteiger partial charge in [0.15, 0.2) is 0 Å². The van der Waals surface area contributed by atoms with Crippen molar-refractivity contribution in [2.45, 2.75) is 25.9 Å². The molecule has 1 aromatic rings. The van der Waals surface area contributed by atoms with Gasteiger partial charge in [0.1, 0.15) is 0 Å². The van der Waals surface area contributed by atoms with Gasteiger partial charge in [-0.15, -0.1) is 0 Å². The second kappa shape index (κ2) is 5.09. The molecule has 2 atom stereocenters. The van der Waals surface area contributed by atoms with Gasteiger partial charge < -0.3 is 15.7 Å². The number of piperazine rings is 1. The van der Waals surface area contributed by atoms with Gasteiger partial charge in [-0.3, -0.25) is 4.90 Å². The van der Waals surface area contributed by atoms with E-state index in [0.29, 0.717) is 17.8 Å². The molecule has 1 aliphatic rings. The fourth-order valence-electron chi connectivity index (χ4n) is 2.55. The number of aromatic carboxylic acids is 1. The number of carboxylic acid groups (broad SMARTS) is 1. The Hall–Kier alpha value is -1.75. The van der Waals surface area contributed by atoms with Crippen molar-refractivity contribution in [1.29, 1.82) is 0 Å². The first kappa shape index (κ1) is 13.7. The Morgan fingerprint density at radius 3 is 2.42 bits per heavy atom. The highest BCUT2D eigenvalue weighted by Crippen LogP contribution is 2.28. The zero-order valence-corrected chi connectivity index (χ0v) is 11.6. The lowest BCUT2D eigenvalue weighted by Gasteiger charge is -2.43. The van der Waals surface area contributed by atoms with Crippen LogP contribution < -0.4 is 10.6 Å². The molecular weight excluding hydrogens is 242 g/mol. The minimum absolute atomic E-state index is 0.281. The molecule has 2 unspecified atom stereocenters. The minimum atomic E-state index is -0.920. The molecule has 1 aliphatic heterocycles. The number of hydrogen-bond donors (Lipinski definition) is 2. The Kier molecular flexibility index (Phi) is 3.66. The number of carbonyl (C=O) groups is 1. The lowest BCUT2D eigenvalue weighted by molar-refractivity contribution is 0.0697. The summed E-state index contributed by atoms with van der Waals surface area (Å²) in [7, 11) is 2.11. The second-order valence-electron chi connectivity index (χ2n) is 5.35. The number of likely N-dealkylation sites (N-methyl/N-ethyl adjacent to an activating group) is 1. The van der Waals surface area contributed by atoms with E-state index in [2.05, 4.69) is 30.7 Å². The van der Waals surface area contributed by atoms with Crippen molar-refractivity contribution in [2.75, 3.05) is 30.8 Å². The van der Waals surface area contributed by atoms with E-state index in [1.807, 2.05) is 0 Å². The topological polar surface area (TPSA) is 69.8 Å². The maximum Gasteiger partial charge on any atom is 0.335 e. The van der Waals surface area contributed by atoms with Crippen LogP contribution in [0.1, 0.15) is 24.2 Å². The van der Waals surface area contributed by atoms with Crippen LogP contribution in [0.15, 0.2) is 18.2 Å². The molecule has 1 fully saturated rings. The molecule has 1 heterocycles. The van der Waals surface area contributed by atoms with E-state index in [1.165, 1.54) is 0 Å². The Bertz CT molecular complexity index is 478. The Labute approximate surface area is 113 Å². The number of benzene rings is 1. The van der Waals surface area contributed by atoms with Gasteiger partial charge in [-0.2, -0.15) is 0 Å². The zero-order chi connectivity index (χ0) is 14.2. The van der Waals surface area contributed by atoms with Crippen LogP contribution in [0.3, 0.4) is 0 Å². The van der Waals surface area contributed by atoms with E-state index >= 15 is 0 Å². The molecule has 1 saturated heterocycles. The predicted octanol–water partition coefficient (Wildman–Crippen LogP) is 1.50. The van der Waals surface area contributed by atoms with E-state index in [-0.39, 0.29) is 5.56 Å². The highest BCUT2D eigenvalue weighted by Gasteiger charge is 2.27. The van der Waals surface area contributed by atoms with Gasteiger partial charge in [0.25, 0.3) is 0 Å². The van der Waals surface area contributed by atoms with Gasteiger partial charge in [-0.05, 0) is 39.1 Å². The SMILES string of the molecule is CC1CN(c2cc(C(=O)O)ccc2N)CC(C)N1C. The lowest BCUT2D eigenvalue weighted by atomic mass is 10.1. The first-order chi connectivity index (χ1) is 8.90. The van der Waals surface area contributed by atoms with E-state index in [9.17, 15) is 4.79 Å². The van der Waals surface area contributed by atoms with Crippen molar-refractivity contribution in [3.8, 4) is 0 Å². The van der Waals surface area contributed by atoms with Crippen molar-refractivity contribution in [3.63, 3.8) is 0 Å². The van der Waals surface area contributed by atoms with Crippen molar-refractivity contribution in [3.05, 3.63) is 23.8 Å². The first-order valence-electron chi connectivity index (χ1n) is 6.50. The molecule has 2 rings (SSSR count). The zero-order valence-electron chi connectivity index (χ0n) is 11.6. The summed E-state index contributed by atoms with van der Waals surface area (Å²) in [5.74, 6) is -0.920. The van der Waals surface area contributed by atoms with Crippen LogP contribution in [-0.2, 0) is 0 Å². The van der Waals surface area contributed by atoms with Crippen molar-refractivity contribution in [2.24, 2.45) is 0 Å². The third-order valence-corrected chi connectivity index (χ3v) is 3.98. The maximum absolute atomic E-state index is 11.1. The summed E-state index contributed by atoms with van der Waals surface area (Å²) in [4.78, 5) is 15.6. The molecule has 0 bridgehead atoms. The quantitative estimate of drug-likeness (QED) is 0.791. The molecule has 19 heavy (non-hydrogen) atoms. The monoisotopic (exact) mass is 263 g/mol. The van der Waals surface area contributed by atoms with Gasteiger partial charge in [-0.1, -0.05) is 0 Å². The highest BCUT2D eigenvalue weighted by atomic mass is 16.4. The van der Waals surface area contributed by atoms with E-state index < -0.39 is 5.97 Å². The third kappa shape index (κ3) is 2.66. The standard InChI is InChI=1S/C14H21N3O2/c1-9-7-17(8-10(2)16(9)3)13-6-11(14(18)19)4-5-12(13)15/h4-6,9-10H,7-8,15H2,1-3H3,(H,18,19). The summed E-state index contributed by atoms with van der Waals surface area (Å²) in [6.45, 7) is 6.04. The fourth-order valence-corrected chi connectivity index (χ4v) is 2.55. The number of anilines is 2. The number of carboxylic acids is 1. The predicted molar refractivity (Wildman–Crippen MR) is 76.7 cm³/mol. The normalized spacial score (nSPS) is 24.5. The average molecular weight is 263 g/mol. The molecule has 0 aliphatic carbocycles. The summed E-state index contributed by atoms with van der Waals surface area (Å²) in [5.41, 5.74) is 7.74. The molecule has 0 spiro atoms. The highest BCUT2D eigenvalue weighted by molar-refractivity contribution is 5.90. The summed E-state index contributed by atoms with van der Waals surface area (Å²) < 4.78 is 0. The number of hydrogen-bond acceptors (Lipinski definition) is 4. The van der Waals surface area contributed by atoms with Crippen LogP contribution >= 0.6 is 0 Å². The Balaban J connectivity index is 2.31. The lowest BCUT2D eigenvalue weighted by Crippen LogP contribution is -2.55. The molecule has 1 aromatic carbocycles. The Morgan fingerprint density at radius 2 is 1.89 bits per heavy atom. The Morgan fingerprint density at radius 1 is 1.32 bits per heavy atom. The molecule has 5 nitrogen and oxygen atoms in total. The van der Waals surface area contributed by atoms with Crippen molar-refractivity contribution >= 4 is 17.3 Å². The molecule has 3 N–H and O–H groups in total. The first-order valence-corrected chi connectivity index (χ1v) is 6.50. The van der Waals surface area contributed by atoms with Gasteiger partial charge in [0, 0.05) is 25.2 Å². The maximum atomic E-state index is 11.1. The van der Waals surface area contributed by atoms with Crippen molar-refractivity contribution in [1.82, 2.24) is 4.90 Å². The van der Waals surface area contributed by atoms with E-state index in [0.717, 1.165) is 18.8 Å². The van der Waals surface area contributed by atoms with Crippen LogP contribution in [0.4, 0.5) is 11.4 Å². The number of nitrogens with two attached hydrogens (primary N) is 1. The van der Waals surface area contributed by atoms with Gasteiger partial charge in [0.2, 0.25) is 0 Å². The van der Waals surface area contributed by atoms with Crippen LogP contribution in [0.25, 0.3) is 0 Å². The van der Waals surface area contributed by atoms with E-state index in [1.54, 1.807) is 18.2 Å². The van der Waals surface area contributed by atoms with Crippen LogP contribution in [-0.4, -0.2) is 48.2 Å². The third-order valence-electron chi connectivity index (χ3n) is 3.98. The largest absolute Gasteiger partial charge is 0.478 e. The second-order valence-corrected chi connectivity index (χ2v) is 5.35.